The van der Waals surface area contributed by atoms with Crippen molar-refractivity contribution in [3.63, 3.8) is 0 Å². The van der Waals surface area contributed by atoms with Gasteiger partial charge in [-0.2, -0.15) is 0 Å². The van der Waals surface area contributed by atoms with Gasteiger partial charge < -0.3 is 9.47 Å². The molecule has 3 unspecified atom stereocenters. The summed E-state index contributed by atoms with van der Waals surface area (Å²) in [5.74, 6) is 0.159. The van der Waals surface area contributed by atoms with Gasteiger partial charge in [0.25, 0.3) is 0 Å². The summed E-state index contributed by atoms with van der Waals surface area (Å²) in [6, 6.07) is 0. The van der Waals surface area contributed by atoms with E-state index in [0.717, 1.165) is 32.1 Å². The summed E-state index contributed by atoms with van der Waals surface area (Å²) in [5.41, 5.74) is 0. The average Bonchev–Trinajstić information content (AvgIpc) is 3.08. The van der Waals surface area contributed by atoms with Gasteiger partial charge in [0.05, 0.1) is 18.1 Å². The van der Waals surface area contributed by atoms with E-state index in [2.05, 4.69) is 0 Å². The van der Waals surface area contributed by atoms with Crippen molar-refractivity contribution in [1.29, 1.82) is 0 Å². The summed E-state index contributed by atoms with van der Waals surface area (Å²) >= 11 is 0. The van der Waals surface area contributed by atoms with Crippen LogP contribution in [0.4, 0.5) is 0 Å². The molecule has 0 aromatic rings. The Morgan fingerprint density at radius 3 is 2.56 bits per heavy atom. The predicted molar refractivity (Wildman–Crippen MR) is 59.0 cm³/mol. The Morgan fingerprint density at radius 1 is 1.00 bits per heavy atom. The molecule has 2 saturated carbocycles. The fraction of sp³-hybridized carbons (Fsp3) is 0.923. The smallest absolute Gasteiger partial charge is 0.309 e. The van der Waals surface area contributed by atoms with Crippen LogP contribution in [-0.2, 0) is 14.3 Å². The van der Waals surface area contributed by atoms with Crippen LogP contribution < -0.4 is 0 Å². The predicted octanol–water partition coefficient (Wildman–Crippen LogP) is 2.43. The number of epoxide rings is 1. The molecule has 0 amide bonds. The van der Waals surface area contributed by atoms with E-state index < -0.39 is 0 Å². The number of carbonyl (C=O) groups is 1. The van der Waals surface area contributed by atoms with Crippen molar-refractivity contribution < 1.29 is 14.3 Å². The zero-order valence-electron chi connectivity index (χ0n) is 9.69. The first kappa shape index (κ1) is 10.6. The van der Waals surface area contributed by atoms with Crippen molar-refractivity contribution in [1.82, 2.24) is 0 Å². The molecular formula is C13H20O3. The van der Waals surface area contributed by atoms with Gasteiger partial charge in [0, 0.05) is 0 Å². The van der Waals surface area contributed by atoms with Gasteiger partial charge >= 0.3 is 5.97 Å². The van der Waals surface area contributed by atoms with E-state index in [1.165, 1.54) is 19.3 Å². The van der Waals surface area contributed by atoms with E-state index in [0.29, 0.717) is 12.2 Å². The molecule has 3 heteroatoms. The van der Waals surface area contributed by atoms with Crippen molar-refractivity contribution in [2.45, 2.75) is 69.7 Å². The molecule has 16 heavy (non-hydrogen) atoms. The SMILES string of the molecule is O=C(OC1CCCCC1)C1CCC2OC2C1. The quantitative estimate of drug-likeness (QED) is 0.534. The normalized spacial score (nSPS) is 38.9. The number of ether oxygens (including phenoxy) is 2. The number of hydrogen-bond donors (Lipinski definition) is 0. The molecule has 1 heterocycles. The number of fused-ring (bicyclic) bond motifs is 1. The highest BCUT2D eigenvalue weighted by molar-refractivity contribution is 5.73. The summed E-state index contributed by atoms with van der Waals surface area (Å²) in [5, 5.41) is 0. The third-order valence-corrected chi connectivity index (χ3v) is 4.17. The number of esters is 1. The first-order valence-electron chi connectivity index (χ1n) is 6.69. The Labute approximate surface area is 96.5 Å². The van der Waals surface area contributed by atoms with Crippen LogP contribution in [0.15, 0.2) is 0 Å². The van der Waals surface area contributed by atoms with Gasteiger partial charge in [0.15, 0.2) is 0 Å². The van der Waals surface area contributed by atoms with Gasteiger partial charge in [-0.25, -0.2) is 0 Å². The minimum absolute atomic E-state index is 0.0425. The highest BCUT2D eigenvalue weighted by Gasteiger charge is 2.46. The lowest BCUT2D eigenvalue weighted by atomic mass is 9.89. The lowest BCUT2D eigenvalue weighted by molar-refractivity contribution is -0.156. The zero-order valence-corrected chi connectivity index (χ0v) is 9.69. The highest BCUT2D eigenvalue weighted by Crippen LogP contribution is 2.40. The molecule has 90 valence electrons. The Kier molecular flexibility index (Phi) is 2.88. The molecule has 0 bridgehead atoms. The lowest BCUT2D eigenvalue weighted by Crippen LogP contribution is -2.28. The second-order valence-electron chi connectivity index (χ2n) is 5.42. The van der Waals surface area contributed by atoms with Gasteiger partial charge in [0.2, 0.25) is 0 Å². The van der Waals surface area contributed by atoms with Crippen LogP contribution in [0.5, 0.6) is 0 Å². The Hall–Kier alpha value is -0.570. The molecule has 3 nitrogen and oxygen atoms in total. The van der Waals surface area contributed by atoms with E-state index in [9.17, 15) is 4.79 Å². The third kappa shape index (κ3) is 2.24. The van der Waals surface area contributed by atoms with Crippen LogP contribution >= 0.6 is 0 Å². The Morgan fingerprint density at radius 2 is 1.81 bits per heavy atom. The number of rotatable bonds is 2. The van der Waals surface area contributed by atoms with Crippen LogP contribution in [0.1, 0.15) is 51.4 Å². The van der Waals surface area contributed by atoms with E-state index in [1.54, 1.807) is 0 Å². The maximum atomic E-state index is 12.0. The van der Waals surface area contributed by atoms with E-state index in [-0.39, 0.29) is 18.0 Å². The van der Waals surface area contributed by atoms with Crippen molar-refractivity contribution in [2.75, 3.05) is 0 Å². The molecule has 0 N–H and O–H groups in total. The molecule has 0 aromatic carbocycles. The maximum absolute atomic E-state index is 12.0. The van der Waals surface area contributed by atoms with Gasteiger partial charge in [0.1, 0.15) is 6.10 Å². The van der Waals surface area contributed by atoms with Crippen LogP contribution in [0.3, 0.4) is 0 Å². The molecule has 3 fully saturated rings. The van der Waals surface area contributed by atoms with E-state index >= 15 is 0 Å². The van der Waals surface area contributed by atoms with E-state index in [4.69, 9.17) is 9.47 Å². The zero-order chi connectivity index (χ0) is 11.0. The molecule has 0 spiro atoms. The van der Waals surface area contributed by atoms with Crippen LogP contribution in [0, 0.1) is 5.92 Å². The van der Waals surface area contributed by atoms with Crippen molar-refractivity contribution in [3.05, 3.63) is 0 Å². The highest BCUT2D eigenvalue weighted by atomic mass is 16.6. The molecular weight excluding hydrogens is 204 g/mol. The van der Waals surface area contributed by atoms with Gasteiger partial charge in [-0.1, -0.05) is 6.42 Å². The minimum Gasteiger partial charge on any atom is -0.462 e. The Bertz CT molecular complexity index is 270. The Balaban J connectivity index is 1.48. The largest absolute Gasteiger partial charge is 0.462 e. The van der Waals surface area contributed by atoms with Crippen LogP contribution in [0.25, 0.3) is 0 Å². The summed E-state index contributed by atoms with van der Waals surface area (Å²) in [4.78, 5) is 12.0. The molecule has 3 atom stereocenters. The molecule has 0 radical (unpaired) electrons. The fourth-order valence-corrected chi connectivity index (χ4v) is 3.06. The average molecular weight is 224 g/mol. The maximum Gasteiger partial charge on any atom is 0.309 e. The molecule has 1 aliphatic heterocycles. The van der Waals surface area contributed by atoms with Gasteiger partial charge in [-0.3, -0.25) is 4.79 Å². The lowest BCUT2D eigenvalue weighted by Gasteiger charge is -2.25. The van der Waals surface area contributed by atoms with Crippen molar-refractivity contribution >= 4 is 5.97 Å². The summed E-state index contributed by atoms with van der Waals surface area (Å²) < 4.78 is 11.0. The molecule has 3 aliphatic rings. The minimum atomic E-state index is 0.0425. The first-order valence-corrected chi connectivity index (χ1v) is 6.69. The second-order valence-corrected chi connectivity index (χ2v) is 5.42. The van der Waals surface area contributed by atoms with Crippen LogP contribution in [-0.4, -0.2) is 24.3 Å². The van der Waals surface area contributed by atoms with E-state index in [1.807, 2.05) is 0 Å². The standard InChI is InChI=1S/C13H20O3/c14-13(15-10-4-2-1-3-5-10)9-6-7-11-12(8-9)16-11/h9-12H,1-8H2. The number of carbonyl (C=O) groups excluding carboxylic acids is 1. The first-order chi connectivity index (χ1) is 7.83. The summed E-state index contributed by atoms with van der Waals surface area (Å²) in [6.07, 6.45) is 9.85. The fourth-order valence-electron chi connectivity index (χ4n) is 3.06. The van der Waals surface area contributed by atoms with Crippen molar-refractivity contribution in [3.8, 4) is 0 Å². The summed E-state index contributed by atoms with van der Waals surface area (Å²) in [7, 11) is 0. The van der Waals surface area contributed by atoms with Crippen molar-refractivity contribution in [2.24, 2.45) is 5.92 Å². The third-order valence-electron chi connectivity index (χ3n) is 4.17. The second kappa shape index (κ2) is 4.36. The summed E-state index contributed by atoms with van der Waals surface area (Å²) in [6.45, 7) is 0. The molecule has 0 aromatic heterocycles. The molecule has 2 aliphatic carbocycles. The van der Waals surface area contributed by atoms with Gasteiger partial charge in [-0.15, -0.1) is 0 Å². The van der Waals surface area contributed by atoms with Crippen LogP contribution in [0.2, 0.25) is 0 Å². The molecule has 1 saturated heterocycles. The monoisotopic (exact) mass is 224 g/mol. The number of hydrogen-bond acceptors (Lipinski definition) is 3. The van der Waals surface area contributed by atoms with Gasteiger partial charge in [-0.05, 0) is 44.9 Å². The topological polar surface area (TPSA) is 38.8 Å². The molecule has 3 rings (SSSR count).